The molecule has 56 valence electrons. The molecule has 0 fully saturated rings. The molecule has 0 bridgehead atoms. The molecular weight excluding hydrogens is 206 g/mol. The van der Waals surface area contributed by atoms with Crippen LogP contribution in [-0.4, -0.2) is 5.16 Å². The van der Waals surface area contributed by atoms with E-state index in [0.717, 1.165) is 21.1 Å². The number of rotatable bonds is 0. The Labute approximate surface area is 72.3 Å². The summed E-state index contributed by atoms with van der Waals surface area (Å²) in [6.45, 7) is 1.90. The van der Waals surface area contributed by atoms with Crippen molar-refractivity contribution in [3.8, 4) is 0 Å². The minimum absolute atomic E-state index is 0.854. The van der Waals surface area contributed by atoms with Gasteiger partial charge in [-0.05, 0) is 35.0 Å². The number of halogens is 1. The summed E-state index contributed by atoms with van der Waals surface area (Å²) in [5.74, 6) is 0.854. The van der Waals surface area contributed by atoms with Crippen molar-refractivity contribution in [2.75, 3.05) is 0 Å². The van der Waals surface area contributed by atoms with Crippen LogP contribution in [0.4, 0.5) is 0 Å². The summed E-state index contributed by atoms with van der Waals surface area (Å²) in [4.78, 5) is 0. The maximum Gasteiger partial charge on any atom is 0.142 e. The van der Waals surface area contributed by atoms with Crippen LogP contribution >= 0.6 is 15.9 Å². The van der Waals surface area contributed by atoms with Crippen molar-refractivity contribution in [2.45, 2.75) is 6.92 Å². The number of aromatic nitrogens is 1. The van der Waals surface area contributed by atoms with Gasteiger partial charge in [-0.25, -0.2) is 0 Å². The highest BCUT2D eigenvalue weighted by atomic mass is 79.9. The molecule has 0 radical (unpaired) electrons. The highest BCUT2D eigenvalue weighted by Crippen LogP contribution is 2.25. The standard InChI is InChI=1S/C8H6BrNO/c1-5-8-6(9)3-2-4-7(8)10-11-5/h2-4H,1H3. The molecule has 0 aliphatic rings. The highest BCUT2D eigenvalue weighted by Gasteiger charge is 2.05. The molecule has 0 saturated carbocycles. The molecule has 0 unspecified atom stereocenters. The van der Waals surface area contributed by atoms with E-state index < -0.39 is 0 Å². The molecule has 2 nitrogen and oxygen atoms in total. The van der Waals surface area contributed by atoms with Gasteiger partial charge in [0.15, 0.2) is 0 Å². The largest absolute Gasteiger partial charge is 0.360 e. The predicted molar refractivity (Wildman–Crippen MR) is 46.4 cm³/mol. The molecule has 3 heteroatoms. The summed E-state index contributed by atoms with van der Waals surface area (Å²) in [6, 6.07) is 5.84. The van der Waals surface area contributed by atoms with Crippen LogP contribution in [0.15, 0.2) is 27.2 Å². The van der Waals surface area contributed by atoms with Crippen molar-refractivity contribution in [2.24, 2.45) is 0 Å². The van der Waals surface area contributed by atoms with Crippen LogP contribution in [0.1, 0.15) is 5.76 Å². The van der Waals surface area contributed by atoms with Crippen LogP contribution in [0.25, 0.3) is 10.9 Å². The van der Waals surface area contributed by atoms with E-state index in [9.17, 15) is 0 Å². The first-order valence-corrected chi connectivity index (χ1v) is 4.09. The Kier molecular flexibility index (Phi) is 1.46. The number of nitrogens with zero attached hydrogens (tertiary/aromatic N) is 1. The maximum atomic E-state index is 5.02. The van der Waals surface area contributed by atoms with Gasteiger partial charge in [-0.2, -0.15) is 0 Å². The van der Waals surface area contributed by atoms with Crippen molar-refractivity contribution in [3.05, 3.63) is 28.4 Å². The van der Waals surface area contributed by atoms with E-state index in [1.807, 2.05) is 25.1 Å². The Balaban J connectivity index is 2.96. The Morgan fingerprint density at radius 1 is 1.45 bits per heavy atom. The quantitative estimate of drug-likeness (QED) is 0.670. The van der Waals surface area contributed by atoms with E-state index in [1.54, 1.807) is 0 Å². The molecule has 1 aromatic carbocycles. The third-order valence-electron chi connectivity index (χ3n) is 1.62. The molecule has 2 rings (SSSR count). The lowest BCUT2D eigenvalue weighted by molar-refractivity contribution is 0.405. The number of benzene rings is 1. The van der Waals surface area contributed by atoms with E-state index in [0.29, 0.717) is 0 Å². The molecule has 0 saturated heterocycles. The number of hydrogen-bond donors (Lipinski definition) is 0. The fraction of sp³-hybridized carbons (Fsp3) is 0.125. The van der Waals surface area contributed by atoms with Gasteiger partial charge < -0.3 is 4.52 Å². The minimum Gasteiger partial charge on any atom is -0.360 e. The normalized spacial score (nSPS) is 10.7. The first-order valence-electron chi connectivity index (χ1n) is 3.29. The zero-order chi connectivity index (χ0) is 7.84. The molecule has 0 aliphatic carbocycles. The lowest BCUT2D eigenvalue weighted by atomic mass is 10.2. The second-order valence-corrected chi connectivity index (χ2v) is 3.23. The molecule has 1 heterocycles. The van der Waals surface area contributed by atoms with Gasteiger partial charge in [0.1, 0.15) is 11.3 Å². The van der Waals surface area contributed by atoms with E-state index in [2.05, 4.69) is 21.1 Å². The Bertz CT molecular complexity index is 394. The summed E-state index contributed by atoms with van der Waals surface area (Å²) in [5, 5.41) is 4.94. The fourth-order valence-electron chi connectivity index (χ4n) is 1.10. The van der Waals surface area contributed by atoms with Gasteiger partial charge in [0.05, 0.1) is 5.39 Å². The molecule has 0 atom stereocenters. The molecule has 11 heavy (non-hydrogen) atoms. The van der Waals surface area contributed by atoms with Crippen molar-refractivity contribution in [1.29, 1.82) is 0 Å². The molecule has 0 amide bonds. The molecule has 0 aliphatic heterocycles. The zero-order valence-corrected chi connectivity index (χ0v) is 7.55. The summed E-state index contributed by atoms with van der Waals surface area (Å²) in [6.07, 6.45) is 0. The van der Waals surface area contributed by atoms with Crippen LogP contribution in [0, 0.1) is 6.92 Å². The number of fused-ring (bicyclic) bond motifs is 1. The van der Waals surface area contributed by atoms with Crippen molar-refractivity contribution < 1.29 is 4.52 Å². The predicted octanol–water partition coefficient (Wildman–Crippen LogP) is 2.90. The Morgan fingerprint density at radius 2 is 2.27 bits per heavy atom. The average molecular weight is 212 g/mol. The monoisotopic (exact) mass is 211 g/mol. The fourth-order valence-corrected chi connectivity index (χ4v) is 1.74. The molecule has 0 N–H and O–H groups in total. The van der Waals surface area contributed by atoms with Gasteiger partial charge in [-0.3, -0.25) is 0 Å². The van der Waals surface area contributed by atoms with Gasteiger partial charge in [0.2, 0.25) is 0 Å². The molecule has 1 aromatic heterocycles. The van der Waals surface area contributed by atoms with Gasteiger partial charge in [-0.1, -0.05) is 11.2 Å². The third-order valence-corrected chi connectivity index (χ3v) is 2.29. The smallest absolute Gasteiger partial charge is 0.142 e. The summed E-state index contributed by atoms with van der Waals surface area (Å²) >= 11 is 3.43. The topological polar surface area (TPSA) is 26.0 Å². The Hall–Kier alpha value is -0.830. The van der Waals surface area contributed by atoms with Crippen molar-refractivity contribution >= 4 is 26.8 Å². The first kappa shape index (κ1) is 6.85. The van der Waals surface area contributed by atoms with Crippen LogP contribution in [0.5, 0.6) is 0 Å². The zero-order valence-electron chi connectivity index (χ0n) is 5.97. The number of aryl methyl sites for hydroxylation is 1. The summed E-state index contributed by atoms with van der Waals surface area (Å²) < 4.78 is 6.05. The van der Waals surface area contributed by atoms with Crippen LogP contribution in [0.3, 0.4) is 0 Å². The molecule has 2 aromatic rings. The van der Waals surface area contributed by atoms with Gasteiger partial charge in [-0.15, -0.1) is 0 Å². The van der Waals surface area contributed by atoms with Crippen LogP contribution in [0.2, 0.25) is 0 Å². The van der Waals surface area contributed by atoms with Crippen LogP contribution in [-0.2, 0) is 0 Å². The van der Waals surface area contributed by atoms with Crippen LogP contribution < -0.4 is 0 Å². The second kappa shape index (κ2) is 2.34. The highest BCUT2D eigenvalue weighted by molar-refractivity contribution is 9.10. The van der Waals surface area contributed by atoms with E-state index in [-0.39, 0.29) is 0 Å². The minimum atomic E-state index is 0.854. The summed E-state index contributed by atoms with van der Waals surface area (Å²) in [7, 11) is 0. The summed E-state index contributed by atoms with van der Waals surface area (Å²) in [5.41, 5.74) is 0.900. The van der Waals surface area contributed by atoms with E-state index in [1.165, 1.54) is 0 Å². The SMILES string of the molecule is Cc1onc2cccc(Br)c12. The molecule has 0 spiro atoms. The first-order chi connectivity index (χ1) is 5.29. The van der Waals surface area contributed by atoms with E-state index in [4.69, 9.17) is 4.52 Å². The average Bonchev–Trinajstić information content (AvgIpc) is 2.34. The van der Waals surface area contributed by atoms with Gasteiger partial charge in [0, 0.05) is 4.47 Å². The third kappa shape index (κ3) is 0.959. The lowest BCUT2D eigenvalue weighted by Gasteiger charge is -1.89. The maximum absolute atomic E-state index is 5.02. The number of hydrogen-bond acceptors (Lipinski definition) is 2. The van der Waals surface area contributed by atoms with Crippen molar-refractivity contribution in [1.82, 2.24) is 5.16 Å². The van der Waals surface area contributed by atoms with Gasteiger partial charge >= 0.3 is 0 Å². The molecular formula is C8H6BrNO. The second-order valence-electron chi connectivity index (χ2n) is 2.37. The Morgan fingerprint density at radius 3 is 3.00 bits per heavy atom. The lowest BCUT2D eigenvalue weighted by Crippen LogP contribution is -1.70. The van der Waals surface area contributed by atoms with Crippen molar-refractivity contribution in [3.63, 3.8) is 0 Å². The van der Waals surface area contributed by atoms with E-state index >= 15 is 0 Å². The van der Waals surface area contributed by atoms with Gasteiger partial charge in [0.25, 0.3) is 0 Å².